The number of nitriles is 1. The number of phenolic OH excluding ortho intramolecular Hbond substituents is 1. The van der Waals surface area contributed by atoms with Gasteiger partial charge < -0.3 is 15.2 Å². The van der Waals surface area contributed by atoms with E-state index in [2.05, 4.69) is 21.2 Å². The van der Waals surface area contributed by atoms with Crippen molar-refractivity contribution in [3.05, 3.63) is 56.0 Å². The van der Waals surface area contributed by atoms with Crippen molar-refractivity contribution in [1.82, 2.24) is 0 Å². The van der Waals surface area contributed by atoms with Gasteiger partial charge in [-0.1, -0.05) is 23.2 Å². The normalized spacial score (nSPS) is 10.9. The molecule has 2 aromatic rings. The molecule has 0 atom stereocenters. The van der Waals surface area contributed by atoms with Crippen molar-refractivity contribution < 1.29 is 14.6 Å². The molecule has 128 valence electrons. The lowest BCUT2D eigenvalue weighted by Crippen LogP contribution is -2.13. The molecule has 0 aromatic heterocycles. The summed E-state index contributed by atoms with van der Waals surface area (Å²) in [6.07, 6.45) is 1.36. The number of anilines is 1. The van der Waals surface area contributed by atoms with E-state index < -0.39 is 5.91 Å². The maximum Gasteiger partial charge on any atom is 0.266 e. The molecule has 0 unspecified atom stereocenters. The van der Waals surface area contributed by atoms with Crippen molar-refractivity contribution >= 4 is 56.8 Å². The zero-order valence-electron chi connectivity index (χ0n) is 12.8. The second kappa shape index (κ2) is 8.26. The van der Waals surface area contributed by atoms with E-state index in [0.717, 1.165) is 0 Å². The van der Waals surface area contributed by atoms with E-state index in [9.17, 15) is 15.2 Å². The molecule has 25 heavy (non-hydrogen) atoms. The van der Waals surface area contributed by atoms with E-state index in [4.69, 9.17) is 27.9 Å². The fourth-order valence-corrected chi connectivity index (χ4v) is 2.73. The summed E-state index contributed by atoms with van der Waals surface area (Å²) in [4.78, 5) is 12.3. The molecule has 0 heterocycles. The summed E-state index contributed by atoms with van der Waals surface area (Å²) in [6.45, 7) is 0. The standard InChI is InChI=1S/C17H11BrCl2N2O3/c1-25-15-6-9(5-12(18)16(15)23)4-10(8-21)17(24)22-14-7-11(19)2-3-13(14)20/h2-7,23H,1H3,(H,22,24). The molecule has 0 saturated heterocycles. The molecular formula is C17H11BrCl2N2O3. The third kappa shape index (κ3) is 4.67. The third-order valence-corrected chi connectivity index (χ3v) is 4.29. The fourth-order valence-electron chi connectivity index (χ4n) is 1.93. The number of phenols is 1. The predicted octanol–water partition coefficient (Wildman–Crippen LogP) is 5.02. The Balaban J connectivity index is 2.34. The largest absolute Gasteiger partial charge is 0.503 e. The number of hydrogen-bond acceptors (Lipinski definition) is 4. The molecule has 2 aromatic carbocycles. The molecule has 0 bridgehead atoms. The highest BCUT2D eigenvalue weighted by Crippen LogP contribution is 2.35. The summed E-state index contributed by atoms with van der Waals surface area (Å²) < 4.78 is 5.41. The first-order valence-electron chi connectivity index (χ1n) is 6.80. The molecule has 5 nitrogen and oxygen atoms in total. The van der Waals surface area contributed by atoms with Gasteiger partial charge in [-0.15, -0.1) is 0 Å². The van der Waals surface area contributed by atoms with E-state index in [1.54, 1.807) is 12.1 Å². The smallest absolute Gasteiger partial charge is 0.266 e. The maximum absolute atomic E-state index is 12.3. The Hall–Kier alpha value is -2.20. The van der Waals surface area contributed by atoms with Crippen LogP contribution in [0, 0.1) is 11.3 Å². The van der Waals surface area contributed by atoms with Crippen LogP contribution in [0.2, 0.25) is 10.0 Å². The first-order valence-corrected chi connectivity index (χ1v) is 8.35. The molecule has 0 aliphatic rings. The van der Waals surface area contributed by atoms with Gasteiger partial charge in [0.05, 0.1) is 22.3 Å². The van der Waals surface area contributed by atoms with Gasteiger partial charge in [0.25, 0.3) is 5.91 Å². The van der Waals surface area contributed by atoms with Crippen LogP contribution >= 0.6 is 39.1 Å². The van der Waals surface area contributed by atoms with Crippen LogP contribution < -0.4 is 10.1 Å². The number of ether oxygens (including phenoxy) is 1. The van der Waals surface area contributed by atoms with Gasteiger partial charge in [-0.3, -0.25) is 4.79 Å². The van der Waals surface area contributed by atoms with E-state index in [1.165, 1.54) is 31.4 Å². The van der Waals surface area contributed by atoms with E-state index in [0.29, 0.717) is 25.8 Å². The highest BCUT2D eigenvalue weighted by Gasteiger charge is 2.14. The van der Waals surface area contributed by atoms with Gasteiger partial charge >= 0.3 is 0 Å². The fraction of sp³-hybridized carbons (Fsp3) is 0.0588. The quantitative estimate of drug-likeness (QED) is 0.515. The summed E-state index contributed by atoms with van der Waals surface area (Å²) in [5.41, 5.74) is 0.630. The number of methoxy groups -OCH3 is 1. The number of carbonyl (C=O) groups excluding carboxylic acids is 1. The Kier molecular flexibility index (Phi) is 6.32. The van der Waals surface area contributed by atoms with Crippen LogP contribution in [-0.4, -0.2) is 18.1 Å². The first-order chi connectivity index (χ1) is 11.8. The van der Waals surface area contributed by atoms with Crippen molar-refractivity contribution in [3.8, 4) is 17.6 Å². The van der Waals surface area contributed by atoms with Crippen LogP contribution in [0.25, 0.3) is 6.08 Å². The first kappa shape index (κ1) is 19.1. The zero-order chi connectivity index (χ0) is 18.6. The molecule has 0 saturated carbocycles. The highest BCUT2D eigenvalue weighted by atomic mass is 79.9. The van der Waals surface area contributed by atoms with Crippen LogP contribution in [0.5, 0.6) is 11.5 Å². The van der Waals surface area contributed by atoms with Gasteiger partial charge in [0.15, 0.2) is 11.5 Å². The number of aromatic hydroxyl groups is 1. The van der Waals surface area contributed by atoms with Gasteiger partial charge in [0.1, 0.15) is 11.6 Å². The Bertz CT molecular complexity index is 907. The molecule has 2 rings (SSSR count). The minimum absolute atomic E-state index is 0.0756. The molecule has 0 aliphatic carbocycles. The van der Waals surface area contributed by atoms with Crippen LogP contribution in [0.4, 0.5) is 5.69 Å². The Morgan fingerprint density at radius 1 is 1.36 bits per heavy atom. The van der Waals surface area contributed by atoms with Crippen LogP contribution in [0.15, 0.2) is 40.4 Å². The lowest BCUT2D eigenvalue weighted by Gasteiger charge is -2.08. The van der Waals surface area contributed by atoms with Crippen LogP contribution in [0.1, 0.15) is 5.56 Å². The second-order valence-corrected chi connectivity index (χ2v) is 6.50. The van der Waals surface area contributed by atoms with Gasteiger partial charge in [-0.05, 0) is 57.9 Å². The predicted molar refractivity (Wildman–Crippen MR) is 101 cm³/mol. The summed E-state index contributed by atoms with van der Waals surface area (Å²) >= 11 is 15.1. The van der Waals surface area contributed by atoms with E-state index in [1.807, 2.05) is 6.07 Å². The molecule has 0 spiro atoms. The van der Waals surface area contributed by atoms with Gasteiger partial charge in [-0.25, -0.2) is 0 Å². The van der Waals surface area contributed by atoms with Crippen molar-refractivity contribution in [2.45, 2.75) is 0 Å². The Morgan fingerprint density at radius 3 is 2.72 bits per heavy atom. The van der Waals surface area contributed by atoms with E-state index >= 15 is 0 Å². The molecule has 2 N–H and O–H groups in total. The van der Waals surface area contributed by atoms with Crippen LogP contribution in [0.3, 0.4) is 0 Å². The second-order valence-electron chi connectivity index (χ2n) is 4.80. The average Bonchev–Trinajstić information content (AvgIpc) is 2.58. The zero-order valence-corrected chi connectivity index (χ0v) is 15.9. The summed E-state index contributed by atoms with van der Waals surface area (Å²) in [6, 6.07) is 9.48. The van der Waals surface area contributed by atoms with E-state index in [-0.39, 0.29) is 17.1 Å². The number of nitrogens with one attached hydrogen (secondary N) is 1. The summed E-state index contributed by atoms with van der Waals surface area (Å²) in [5, 5.41) is 22.3. The SMILES string of the molecule is COc1cc(C=C(C#N)C(=O)Nc2cc(Cl)ccc2Cl)cc(Br)c1O. The van der Waals surface area contributed by atoms with Crippen molar-refractivity contribution in [2.24, 2.45) is 0 Å². The van der Waals surface area contributed by atoms with Crippen LogP contribution in [-0.2, 0) is 4.79 Å². The minimum atomic E-state index is -0.644. The number of hydrogen-bond donors (Lipinski definition) is 2. The lowest BCUT2D eigenvalue weighted by atomic mass is 10.1. The number of benzene rings is 2. The van der Waals surface area contributed by atoms with Gasteiger partial charge in [-0.2, -0.15) is 5.26 Å². The molecule has 8 heteroatoms. The molecule has 1 amide bonds. The average molecular weight is 442 g/mol. The Labute approximate surface area is 162 Å². The summed E-state index contributed by atoms with van der Waals surface area (Å²) in [7, 11) is 1.40. The van der Waals surface area contributed by atoms with Crippen molar-refractivity contribution in [3.63, 3.8) is 0 Å². The van der Waals surface area contributed by atoms with Crippen molar-refractivity contribution in [1.29, 1.82) is 5.26 Å². The summed E-state index contributed by atoms with van der Waals surface area (Å²) in [5.74, 6) is -0.514. The lowest BCUT2D eigenvalue weighted by molar-refractivity contribution is -0.112. The molecule has 0 fully saturated rings. The number of rotatable bonds is 4. The number of carbonyl (C=O) groups is 1. The molecular weight excluding hydrogens is 431 g/mol. The van der Waals surface area contributed by atoms with Crippen molar-refractivity contribution in [2.75, 3.05) is 12.4 Å². The minimum Gasteiger partial charge on any atom is -0.503 e. The highest BCUT2D eigenvalue weighted by molar-refractivity contribution is 9.10. The van der Waals surface area contributed by atoms with Gasteiger partial charge in [0, 0.05) is 5.02 Å². The topological polar surface area (TPSA) is 82.3 Å². The number of nitrogens with zero attached hydrogens (tertiary/aromatic N) is 1. The number of amides is 1. The van der Waals surface area contributed by atoms with Gasteiger partial charge in [0.2, 0.25) is 0 Å². The third-order valence-electron chi connectivity index (χ3n) is 3.12. The molecule has 0 radical (unpaired) electrons. The number of halogens is 3. The Morgan fingerprint density at radius 2 is 2.08 bits per heavy atom. The monoisotopic (exact) mass is 440 g/mol. The maximum atomic E-state index is 12.3. The molecule has 0 aliphatic heterocycles.